The normalized spacial score (nSPS) is 25.3. The SMILES string of the molecule is CC(C)C1CC([C@@H](N)C[C@H](C(=O)Cl)C(C)C)OC1=O.Cl. The first-order valence-electron chi connectivity index (χ1n) is 6.89. The minimum Gasteiger partial charge on any atom is -0.460 e. The number of carbonyl (C=O) groups is 2. The molecule has 118 valence electrons. The number of rotatable bonds is 6. The molecule has 1 heterocycles. The lowest BCUT2D eigenvalue weighted by molar-refractivity contribution is -0.145. The van der Waals surface area contributed by atoms with Crippen LogP contribution in [0.25, 0.3) is 0 Å². The predicted molar refractivity (Wildman–Crippen MR) is 81.9 cm³/mol. The number of hydrogen-bond donors (Lipinski definition) is 1. The van der Waals surface area contributed by atoms with Gasteiger partial charge < -0.3 is 10.5 Å². The molecule has 0 aromatic carbocycles. The molecule has 1 saturated heterocycles. The van der Waals surface area contributed by atoms with Crippen molar-refractivity contribution in [1.29, 1.82) is 0 Å². The molecule has 0 aromatic heterocycles. The van der Waals surface area contributed by atoms with Gasteiger partial charge in [0.1, 0.15) is 6.10 Å². The van der Waals surface area contributed by atoms with Crippen molar-refractivity contribution < 1.29 is 14.3 Å². The van der Waals surface area contributed by atoms with Gasteiger partial charge in [-0.2, -0.15) is 0 Å². The molecule has 1 rings (SSSR count). The van der Waals surface area contributed by atoms with Gasteiger partial charge in [-0.1, -0.05) is 27.7 Å². The maximum absolute atomic E-state index is 11.7. The van der Waals surface area contributed by atoms with Crippen molar-refractivity contribution >= 4 is 35.2 Å². The third-order valence-electron chi connectivity index (χ3n) is 3.96. The molecule has 2 N–H and O–H groups in total. The van der Waals surface area contributed by atoms with Crippen molar-refractivity contribution in [2.24, 2.45) is 29.4 Å². The largest absolute Gasteiger partial charge is 0.460 e. The Kier molecular flexibility index (Phi) is 8.07. The van der Waals surface area contributed by atoms with E-state index in [1.165, 1.54) is 0 Å². The quantitative estimate of drug-likeness (QED) is 0.602. The summed E-state index contributed by atoms with van der Waals surface area (Å²) in [5.74, 6) is -0.156. The van der Waals surface area contributed by atoms with E-state index >= 15 is 0 Å². The average molecular weight is 326 g/mol. The molecular formula is C14H25Cl2NO3. The summed E-state index contributed by atoms with van der Waals surface area (Å²) < 4.78 is 5.34. The smallest absolute Gasteiger partial charge is 0.309 e. The van der Waals surface area contributed by atoms with Crippen molar-refractivity contribution in [2.45, 2.75) is 52.7 Å². The lowest BCUT2D eigenvalue weighted by Gasteiger charge is -2.24. The number of hydrogen-bond acceptors (Lipinski definition) is 4. The van der Waals surface area contributed by atoms with E-state index in [2.05, 4.69) is 0 Å². The summed E-state index contributed by atoms with van der Waals surface area (Å²) in [5, 5.41) is -0.366. The number of esters is 1. The molecule has 2 unspecified atom stereocenters. The van der Waals surface area contributed by atoms with Gasteiger partial charge in [-0.3, -0.25) is 9.59 Å². The van der Waals surface area contributed by atoms with Crippen molar-refractivity contribution in [3.8, 4) is 0 Å². The Morgan fingerprint density at radius 2 is 1.95 bits per heavy atom. The monoisotopic (exact) mass is 325 g/mol. The fraction of sp³-hybridized carbons (Fsp3) is 0.857. The summed E-state index contributed by atoms with van der Waals surface area (Å²) in [7, 11) is 0. The van der Waals surface area contributed by atoms with Gasteiger partial charge in [0, 0.05) is 12.0 Å². The van der Waals surface area contributed by atoms with E-state index in [-0.39, 0.29) is 59.4 Å². The van der Waals surface area contributed by atoms with E-state index in [1.807, 2.05) is 27.7 Å². The van der Waals surface area contributed by atoms with Crippen LogP contribution in [-0.2, 0) is 14.3 Å². The molecule has 0 aliphatic carbocycles. The maximum atomic E-state index is 11.7. The van der Waals surface area contributed by atoms with Crippen LogP contribution in [0, 0.1) is 23.7 Å². The summed E-state index contributed by atoms with van der Waals surface area (Å²) in [4.78, 5) is 23.1. The van der Waals surface area contributed by atoms with E-state index in [0.717, 1.165) is 0 Å². The van der Waals surface area contributed by atoms with Crippen LogP contribution in [0.15, 0.2) is 0 Å². The van der Waals surface area contributed by atoms with Crippen LogP contribution in [-0.4, -0.2) is 23.4 Å². The first-order valence-corrected chi connectivity index (χ1v) is 7.27. The van der Waals surface area contributed by atoms with Gasteiger partial charge in [0.05, 0.1) is 5.92 Å². The van der Waals surface area contributed by atoms with Gasteiger partial charge in [0.15, 0.2) is 0 Å². The van der Waals surface area contributed by atoms with E-state index in [1.54, 1.807) is 0 Å². The number of nitrogens with two attached hydrogens (primary N) is 1. The first kappa shape index (κ1) is 19.7. The molecule has 6 heteroatoms. The molecule has 0 spiro atoms. The Hall–Kier alpha value is -0.320. The Morgan fingerprint density at radius 3 is 2.30 bits per heavy atom. The highest BCUT2D eigenvalue weighted by Crippen LogP contribution is 2.31. The Balaban J connectivity index is 0.00000361. The van der Waals surface area contributed by atoms with Crippen LogP contribution in [0.3, 0.4) is 0 Å². The maximum Gasteiger partial charge on any atom is 0.309 e. The molecule has 1 aliphatic rings. The molecule has 4 nitrogen and oxygen atoms in total. The van der Waals surface area contributed by atoms with Crippen molar-refractivity contribution in [2.75, 3.05) is 0 Å². The van der Waals surface area contributed by atoms with Gasteiger partial charge in [0.25, 0.3) is 0 Å². The third kappa shape index (κ3) is 4.90. The highest BCUT2D eigenvalue weighted by atomic mass is 35.5. The molecule has 4 atom stereocenters. The summed E-state index contributed by atoms with van der Waals surface area (Å²) in [6, 6.07) is -0.331. The molecule has 0 radical (unpaired) electrons. The van der Waals surface area contributed by atoms with Crippen LogP contribution in [0.2, 0.25) is 0 Å². The first-order chi connectivity index (χ1) is 8.73. The summed E-state index contributed by atoms with van der Waals surface area (Å²) in [5.41, 5.74) is 6.09. The molecule has 20 heavy (non-hydrogen) atoms. The van der Waals surface area contributed by atoms with Crippen molar-refractivity contribution in [3.05, 3.63) is 0 Å². The van der Waals surface area contributed by atoms with E-state index in [0.29, 0.717) is 12.8 Å². The van der Waals surface area contributed by atoms with E-state index < -0.39 is 0 Å². The lowest BCUT2D eigenvalue weighted by Crippen LogP contribution is -2.38. The van der Waals surface area contributed by atoms with E-state index in [9.17, 15) is 9.59 Å². The van der Waals surface area contributed by atoms with Gasteiger partial charge in [0.2, 0.25) is 5.24 Å². The molecule has 0 bridgehead atoms. The van der Waals surface area contributed by atoms with Crippen LogP contribution in [0.5, 0.6) is 0 Å². The Morgan fingerprint density at radius 1 is 1.40 bits per heavy atom. The summed E-state index contributed by atoms with van der Waals surface area (Å²) in [6.07, 6.45) is 0.805. The van der Waals surface area contributed by atoms with Gasteiger partial charge >= 0.3 is 5.97 Å². The summed E-state index contributed by atoms with van der Waals surface area (Å²) in [6.45, 7) is 7.88. The molecule has 0 saturated carbocycles. The van der Waals surface area contributed by atoms with Crippen molar-refractivity contribution in [3.63, 3.8) is 0 Å². The second kappa shape index (κ2) is 8.20. The molecule has 0 amide bonds. The fourth-order valence-corrected chi connectivity index (χ4v) is 2.85. The standard InChI is InChI=1S/C14H24ClNO3.ClH/c1-7(2)9(13(15)17)5-11(16)12-6-10(8(3)4)14(18)19-12;/h7-12H,5-6,16H2,1-4H3;1H/t9-,10?,11-,12?;/m0./s1. The average Bonchev–Trinajstić information content (AvgIpc) is 2.67. The highest BCUT2D eigenvalue weighted by molar-refractivity contribution is 6.64. The second-order valence-corrected chi connectivity index (χ2v) is 6.49. The number of carbonyl (C=O) groups excluding carboxylic acids is 2. The van der Waals surface area contributed by atoms with Gasteiger partial charge in [-0.15, -0.1) is 12.4 Å². The van der Waals surface area contributed by atoms with Crippen molar-refractivity contribution in [1.82, 2.24) is 0 Å². The summed E-state index contributed by atoms with van der Waals surface area (Å²) >= 11 is 5.60. The van der Waals surface area contributed by atoms with Crippen LogP contribution >= 0.6 is 24.0 Å². The third-order valence-corrected chi connectivity index (χ3v) is 4.24. The minimum absolute atomic E-state index is 0. The van der Waals surface area contributed by atoms with E-state index in [4.69, 9.17) is 22.1 Å². The van der Waals surface area contributed by atoms with Crippen LogP contribution < -0.4 is 5.73 Å². The predicted octanol–water partition coefficient (Wildman–Crippen LogP) is 2.75. The number of halogens is 2. The highest BCUT2D eigenvalue weighted by Gasteiger charge is 2.40. The van der Waals surface area contributed by atoms with Crippen LogP contribution in [0.1, 0.15) is 40.5 Å². The van der Waals surface area contributed by atoms with Gasteiger partial charge in [-0.25, -0.2) is 0 Å². The van der Waals surface area contributed by atoms with Crippen LogP contribution in [0.4, 0.5) is 0 Å². The zero-order valence-electron chi connectivity index (χ0n) is 12.5. The number of ether oxygens (including phenoxy) is 1. The second-order valence-electron chi connectivity index (χ2n) is 6.12. The topological polar surface area (TPSA) is 69.4 Å². The molecule has 1 aliphatic heterocycles. The number of cyclic esters (lactones) is 1. The Bertz CT molecular complexity index is 347. The minimum atomic E-state index is -0.366. The molecule has 1 fully saturated rings. The lowest BCUT2D eigenvalue weighted by atomic mass is 9.86. The zero-order chi connectivity index (χ0) is 14.7. The molecule has 0 aromatic rings. The Labute approximate surface area is 132 Å². The van der Waals surface area contributed by atoms with Gasteiger partial charge in [-0.05, 0) is 36.3 Å². The zero-order valence-corrected chi connectivity index (χ0v) is 14.0. The molecular weight excluding hydrogens is 301 g/mol. The fourth-order valence-electron chi connectivity index (χ4n) is 2.51.